The first-order valence-electron chi connectivity index (χ1n) is 9.40. The van der Waals surface area contributed by atoms with Crippen molar-refractivity contribution in [2.24, 2.45) is 4.99 Å². The monoisotopic (exact) mass is 394 g/mol. The number of hydrogen-bond acceptors (Lipinski definition) is 5. The Bertz CT molecular complexity index is 1010. The molecule has 0 saturated heterocycles. The summed E-state index contributed by atoms with van der Waals surface area (Å²) in [5.74, 6) is 0.968. The van der Waals surface area contributed by atoms with Gasteiger partial charge < -0.3 is 19.8 Å². The molecule has 0 aliphatic rings. The fourth-order valence-corrected chi connectivity index (χ4v) is 2.91. The second-order valence-electron chi connectivity index (χ2n) is 7.35. The first kappa shape index (κ1) is 20.5. The van der Waals surface area contributed by atoms with Gasteiger partial charge in [-0.3, -0.25) is 9.79 Å². The van der Waals surface area contributed by atoms with Crippen LogP contribution in [0.4, 0.5) is 5.82 Å². The van der Waals surface area contributed by atoms with E-state index in [0.29, 0.717) is 23.7 Å². The van der Waals surface area contributed by atoms with Crippen LogP contribution in [0.3, 0.4) is 0 Å². The molecule has 3 aromatic rings. The molecule has 7 nitrogen and oxygen atoms in total. The van der Waals surface area contributed by atoms with Gasteiger partial charge in [0.05, 0.1) is 17.4 Å². The van der Waals surface area contributed by atoms with Crippen molar-refractivity contribution >= 4 is 28.8 Å². The number of rotatable bonds is 8. The minimum atomic E-state index is -0.350. The Morgan fingerprint density at radius 1 is 1.28 bits per heavy atom. The number of aromatic amines is 1. The third-order valence-electron chi connectivity index (χ3n) is 4.45. The molecule has 3 rings (SSSR count). The summed E-state index contributed by atoms with van der Waals surface area (Å²) < 4.78 is 11.1. The van der Waals surface area contributed by atoms with Crippen molar-refractivity contribution in [3.8, 4) is 5.75 Å². The van der Waals surface area contributed by atoms with Crippen LogP contribution in [-0.4, -0.2) is 48.5 Å². The quantitative estimate of drug-likeness (QED) is 0.564. The van der Waals surface area contributed by atoms with Gasteiger partial charge >= 0.3 is 0 Å². The van der Waals surface area contributed by atoms with Crippen molar-refractivity contribution in [2.75, 3.05) is 26.1 Å². The average Bonchev–Trinajstić information content (AvgIpc) is 3.08. The molecule has 0 aliphatic heterocycles. The van der Waals surface area contributed by atoms with Gasteiger partial charge in [-0.25, -0.2) is 4.98 Å². The Balaban J connectivity index is 1.67. The number of carbonyl (C=O) groups excluding carboxylic acids is 1. The third-order valence-corrected chi connectivity index (χ3v) is 4.45. The van der Waals surface area contributed by atoms with Gasteiger partial charge in [0.2, 0.25) is 0 Å². The Labute approximate surface area is 170 Å². The van der Waals surface area contributed by atoms with Gasteiger partial charge in [-0.15, -0.1) is 0 Å². The predicted octanol–water partition coefficient (Wildman–Crippen LogP) is 4.06. The van der Waals surface area contributed by atoms with Crippen LogP contribution in [0.5, 0.6) is 5.75 Å². The van der Waals surface area contributed by atoms with Gasteiger partial charge in [0.15, 0.2) is 0 Å². The second kappa shape index (κ2) is 8.87. The van der Waals surface area contributed by atoms with E-state index < -0.39 is 0 Å². The van der Waals surface area contributed by atoms with Gasteiger partial charge in [-0.2, -0.15) is 0 Å². The van der Waals surface area contributed by atoms with E-state index in [2.05, 4.69) is 20.3 Å². The zero-order valence-electron chi connectivity index (χ0n) is 17.2. The minimum absolute atomic E-state index is 0.229. The summed E-state index contributed by atoms with van der Waals surface area (Å²) in [6.45, 7) is 4.64. The zero-order valence-corrected chi connectivity index (χ0v) is 17.2. The van der Waals surface area contributed by atoms with Crippen molar-refractivity contribution in [3.05, 3.63) is 53.9 Å². The highest BCUT2D eigenvalue weighted by Crippen LogP contribution is 2.22. The van der Waals surface area contributed by atoms with Gasteiger partial charge in [0.1, 0.15) is 17.2 Å². The molecule has 2 heterocycles. The van der Waals surface area contributed by atoms with Crippen molar-refractivity contribution in [1.29, 1.82) is 0 Å². The Hall–Kier alpha value is -3.19. The van der Waals surface area contributed by atoms with Crippen molar-refractivity contribution in [3.63, 3.8) is 0 Å². The number of anilines is 1. The lowest BCUT2D eigenvalue weighted by Gasteiger charge is -2.26. The number of aromatic nitrogens is 2. The van der Waals surface area contributed by atoms with Crippen LogP contribution < -0.4 is 10.1 Å². The van der Waals surface area contributed by atoms with E-state index in [-0.39, 0.29) is 11.5 Å². The van der Waals surface area contributed by atoms with Crippen molar-refractivity contribution < 1.29 is 14.3 Å². The second-order valence-corrected chi connectivity index (χ2v) is 7.35. The summed E-state index contributed by atoms with van der Waals surface area (Å²) in [4.78, 5) is 24.0. The molecule has 0 aliphatic carbocycles. The Morgan fingerprint density at radius 3 is 2.72 bits per heavy atom. The lowest BCUT2D eigenvalue weighted by Crippen LogP contribution is -2.29. The van der Waals surface area contributed by atoms with Crippen LogP contribution in [0.1, 0.15) is 36.3 Å². The van der Waals surface area contributed by atoms with Crippen LogP contribution in [0, 0.1) is 0 Å². The number of benzene rings is 1. The SMILES string of the molecule is CN=Cc1cc2cc(NC(=O)c3ccc(OC(C)(C)CCOC)cc3)ncc2[nH]1. The molecule has 1 amide bonds. The summed E-state index contributed by atoms with van der Waals surface area (Å²) >= 11 is 0. The molecule has 0 radical (unpaired) electrons. The van der Waals surface area contributed by atoms with Gasteiger partial charge in [-0.05, 0) is 50.2 Å². The molecule has 0 spiro atoms. The van der Waals surface area contributed by atoms with E-state index in [0.717, 1.165) is 23.0 Å². The molecule has 1 aromatic carbocycles. The molecule has 0 bridgehead atoms. The standard InChI is InChI=1S/C22H26N4O3/c1-22(2,9-10-28-4)29-18-7-5-15(6-8-18)21(27)26-20-12-16-11-17(13-23-3)25-19(16)14-24-20/h5-8,11-14,25H,9-10H2,1-4H3,(H,24,26,27). The fraction of sp³-hybridized carbons (Fsp3) is 0.318. The number of amides is 1. The molecule has 2 N–H and O–H groups in total. The van der Waals surface area contributed by atoms with Crippen molar-refractivity contribution in [1.82, 2.24) is 9.97 Å². The smallest absolute Gasteiger partial charge is 0.256 e. The Kier molecular flexibility index (Phi) is 6.29. The van der Waals surface area contributed by atoms with Crippen LogP contribution >= 0.6 is 0 Å². The summed E-state index contributed by atoms with van der Waals surface area (Å²) in [6, 6.07) is 10.8. The number of methoxy groups -OCH3 is 1. The minimum Gasteiger partial charge on any atom is -0.488 e. The van der Waals surface area contributed by atoms with Crippen LogP contribution in [0.2, 0.25) is 0 Å². The van der Waals surface area contributed by atoms with Gasteiger partial charge in [0.25, 0.3) is 5.91 Å². The number of fused-ring (bicyclic) bond motifs is 1. The van der Waals surface area contributed by atoms with E-state index in [9.17, 15) is 4.79 Å². The topological polar surface area (TPSA) is 88.6 Å². The van der Waals surface area contributed by atoms with Crippen LogP contribution in [0.25, 0.3) is 10.9 Å². The summed E-state index contributed by atoms with van der Waals surface area (Å²) in [5, 5.41) is 3.78. The molecule has 152 valence electrons. The maximum atomic E-state index is 12.6. The lowest BCUT2D eigenvalue weighted by atomic mass is 10.1. The predicted molar refractivity (Wildman–Crippen MR) is 115 cm³/mol. The highest BCUT2D eigenvalue weighted by molar-refractivity contribution is 6.04. The fourth-order valence-electron chi connectivity index (χ4n) is 2.91. The van der Waals surface area contributed by atoms with Crippen LogP contribution in [-0.2, 0) is 4.74 Å². The number of H-pyrrole nitrogens is 1. The summed E-state index contributed by atoms with van der Waals surface area (Å²) in [7, 11) is 3.39. The van der Waals surface area contributed by atoms with E-state index in [1.54, 1.807) is 50.8 Å². The number of nitrogens with one attached hydrogen (secondary N) is 2. The number of nitrogens with zero attached hydrogens (tertiary/aromatic N) is 2. The molecular weight excluding hydrogens is 368 g/mol. The molecule has 29 heavy (non-hydrogen) atoms. The number of hydrogen-bond donors (Lipinski definition) is 2. The lowest BCUT2D eigenvalue weighted by molar-refractivity contribution is 0.0630. The van der Waals surface area contributed by atoms with Crippen LogP contribution in [0.15, 0.2) is 47.6 Å². The molecule has 7 heteroatoms. The van der Waals surface area contributed by atoms with E-state index >= 15 is 0 Å². The first-order chi connectivity index (χ1) is 13.9. The maximum Gasteiger partial charge on any atom is 0.256 e. The largest absolute Gasteiger partial charge is 0.488 e. The number of aliphatic imine (C=N–C) groups is 1. The van der Waals surface area contributed by atoms with E-state index in [4.69, 9.17) is 9.47 Å². The molecular formula is C22H26N4O3. The number of ether oxygens (including phenoxy) is 2. The first-order valence-corrected chi connectivity index (χ1v) is 9.40. The van der Waals surface area contributed by atoms with Gasteiger partial charge in [-0.1, -0.05) is 0 Å². The number of carbonyl (C=O) groups is 1. The maximum absolute atomic E-state index is 12.6. The van der Waals surface area contributed by atoms with E-state index in [1.165, 1.54) is 0 Å². The molecule has 2 aromatic heterocycles. The molecule has 0 unspecified atom stereocenters. The van der Waals surface area contributed by atoms with E-state index in [1.807, 2.05) is 26.0 Å². The highest BCUT2D eigenvalue weighted by Gasteiger charge is 2.19. The Morgan fingerprint density at radius 2 is 2.03 bits per heavy atom. The molecule has 0 fully saturated rings. The number of pyridine rings is 1. The summed E-state index contributed by atoms with van der Waals surface area (Å²) in [5.41, 5.74) is 1.95. The van der Waals surface area contributed by atoms with Gasteiger partial charge in [0, 0.05) is 44.3 Å². The zero-order chi connectivity index (χ0) is 20.9. The molecule has 0 saturated carbocycles. The molecule has 0 atom stereocenters. The third kappa shape index (κ3) is 5.42. The average molecular weight is 394 g/mol. The summed E-state index contributed by atoms with van der Waals surface area (Å²) in [6.07, 6.45) is 4.19. The van der Waals surface area contributed by atoms with Crippen molar-refractivity contribution in [2.45, 2.75) is 25.9 Å². The highest BCUT2D eigenvalue weighted by atomic mass is 16.5. The normalized spacial score (nSPS) is 11.9.